The van der Waals surface area contributed by atoms with Crippen molar-refractivity contribution < 1.29 is 0 Å². The molecule has 4 aliphatic rings. The van der Waals surface area contributed by atoms with Gasteiger partial charge in [-0.3, -0.25) is 0 Å². The van der Waals surface area contributed by atoms with Gasteiger partial charge in [-0.2, -0.15) is 10.5 Å². The molecule has 0 atom stereocenters. The third kappa shape index (κ3) is 4.50. The fourth-order valence-electron chi connectivity index (χ4n) is 10.3. The second-order valence-corrected chi connectivity index (χ2v) is 18.1. The molecule has 0 unspecified atom stereocenters. The highest BCUT2D eigenvalue weighted by Gasteiger charge is 2.29. The minimum atomic E-state index is -0.361. The smallest absolute Gasteiger partial charge is 0.101 e. The van der Waals surface area contributed by atoms with Gasteiger partial charge in [-0.1, -0.05) is 107 Å². The summed E-state index contributed by atoms with van der Waals surface area (Å²) in [6.07, 6.45) is 0. The maximum atomic E-state index is 11.1. The number of nitrogens with zero attached hydrogens (tertiary/aromatic N) is 5. The van der Waals surface area contributed by atoms with Crippen LogP contribution < -0.4 is 0 Å². The summed E-state index contributed by atoms with van der Waals surface area (Å²) in [5.41, 5.74) is 13.0. The number of hydrogen-bond acceptors (Lipinski definition) is 2. The van der Waals surface area contributed by atoms with Crippen molar-refractivity contribution in [1.29, 1.82) is 10.5 Å². The van der Waals surface area contributed by atoms with Crippen molar-refractivity contribution >= 4 is 76.2 Å². The van der Waals surface area contributed by atoms with Crippen molar-refractivity contribution in [2.24, 2.45) is 0 Å². The van der Waals surface area contributed by atoms with E-state index in [1.54, 1.807) is 6.07 Å². The monoisotopic (exact) mass is 769 g/mol. The summed E-state index contributed by atoms with van der Waals surface area (Å²) in [7, 11) is 0. The predicted molar refractivity (Wildman–Crippen MR) is 247 cm³/mol. The molecular formula is C55H39N5. The number of rotatable bonds is 0. The zero-order valence-electron chi connectivity index (χ0n) is 34.1. The van der Waals surface area contributed by atoms with E-state index in [1.165, 1.54) is 27.5 Å². The van der Waals surface area contributed by atoms with Crippen molar-refractivity contribution in [1.82, 2.24) is 13.7 Å². The van der Waals surface area contributed by atoms with Crippen LogP contribution in [0, 0.1) is 22.7 Å². The van der Waals surface area contributed by atoms with Crippen LogP contribution in [0.2, 0.25) is 0 Å². The van der Waals surface area contributed by atoms with E-state index in [4.69, 9.17) is 0 Å². The lowest BCUT2D eigenvalue weighted by atomic mass is 9.77. The lowest BCUT2D eigenvalue weighted by Crippen LogP contribution is -2.19. The summed E-state index contributed by atoms with van der Waals surface area (Å²) in [6, 6.07) is 57.9. The van der Waals surface area contributed by atoms with Crippen molar-refractivity contribution in [2.75, 3.05) is 0 Å². The van der Waals surface area contributed by atoms with E-state index in [-0.39, 0.29) is 10.8 Å². The summed E-state index contributed by atoms with van der Waals surface area (Å²) in [4.78, 5) is 0. The number of fused-ring (bicyclic) bond motifs is 6. The van der Waals surface area contributed by atoms with Gasteiger partial charge in [0.25, 0.3) is 0 Å². The largest absolute Gasteiger partial charge is 0.309 e. The lowest BCUT2D eigenvalue weighted by Gasteiger charge is -2.27. The topological polar surface area (TPSA) is 62.4 Å². The van der Waals surface area contributed by atoms with Gasteiger partial charge in [0.1, 0.15) is 6.07 Å². The minimum Gasteiger partial charge on any atom is -0.309 e. The van der Waals surface area contributed by atoms with Gasteiger partial charge in [-0.25, -0.2) is 0 Å². The first-order chi connectivity index (χ1) is 29.0. The molecule has 4 aliphatic heterocycles. The molecule has 0 radical (unpaired) electrons. The van der Waals surface area contributed by atoms with Crippen molar-refractivity contribution in [3.8, 4) is 29.2 Å². The van der Waals surface area contributed by atoms with Crippen LogP contribution in [0.15, 0.2) is 146 Å². The molecule has 284 valence electrons. The second kappa shape index (κ2) is 11.8. The maximum absolute atomic E-state index is 11.1. The molecule has 8 aromatic carbocycles. The van der Waals surface area contributed by atoms with Crippen LogP contribution in [0.5, 0.6) is 0 Å². The normalized spacial score (nSPS) is 13.5. The van der Waals surface area contributed by atoms with Crippen LogP contribution in [0.25, 0.3) is 93.3 Å². The van der Waals surface area contributed by atoms with E-state index in [0.717, 1.165) is 82.5 Å². The van der Waals surface area contributed by atoms with Gasteiger partial charge < -0.3 is 13.7 Å². The van der Waals surface area contributed by atoms with Gasteiger partial charge in [-0.15, -0.1) is 0 Å². The van der Waals surface area contributed by atoms with Crippen LogP contribution in [0.1, 0.15) is 62.4 Å². The van der Waals surface area contributed by atoms with Gasteiger partial charge in [0.15, 0.2) is 0 Å². The molecule has 0 N–H and O–H groups in total. The van der Waals surface area contributed by atoms with Crippen molar-refractivity contribution in [2.45, 2.75) is 45.4 Å². The van der Waals surface area contributed by atoms with Crippen LogP contribution >= 0.6 is 0 Å². The Hall–Kier alpha value is -7.60. The van der Waals surface area contributed by atoms with E-state index in [1.807, 2.05) is 6.07 Å². The molecule has 15 rings (SSSR count). The Morgan fingerprint density at radius 2 is 1.13 bits per heavy atom. The van der Waals surface area contributed by atoms with E-state index < -0.39 is 0 Å². The number of nitriles is 2. The Morgan fingerprint density at radius 3 is 1.93 bits per heavy atom. The molecule has 7 heterocycles. The number of aromatic nitrogens is 3. The molecule has 3 aromatic heterocycles. The molecular weight excluding hydrogens is 731 g/mol. The molecule has 0 saturated heterocycles. The standard InChI is InChI=1S/C55H39N5/c1-54(2,3)35-16-21-46-42(26-35)43-27-36-17-22-47(43)60(46)53-34(31-57)24-32(30-56)25-51(53)59-48-23-18-38(29-44(48)52-39-11-7-6-10-33(39)14-20-49(52)59)58-45-13-9-8-12-40(45)41-19-15-37(28-50(41)58)55(36,4)5/h6-29H,1-5H3. The molecule has 0 spiro atoms. The second-order valence-electron chi connectivity index (χ2n) is 18.1. The van der Waals surface area contributed by atoms with Gasteiger partial charge >= 0.3 is 0 Å². The fraction of sp³-hybridized carbons (Fsp3) is 0.127. The quantitative estimate of drug-likeness (QED) is 0.154. The zero-order valence-corrected chi connectivity index (χ0v) is 34.1. The van der Waals surface area contributed by atoms with Crippen molar-refractivity contribution in [3.63, 3.8) is 0 Å². The van der Waals surface area contributed by atoms with Gasteiger partial charge in [0, 0.05) is 43.4 Å². The first-order valence-electron chi connectivity index (χ1n) is 20.6. The summed E-state index contributed by atoms with van der Waals surface area (Å²) in [5.74, 6) is 0. The first-order valence-corrected chi connectivity index (χ1v) is 20.6. The fourth-order valence-corrected chi connectivity index (χ4v) is 10.3. The summed E-state index contributed by atoms with van der Waals surface area (Å²) in [5, 5.41) is 30.8. The van der Waals surface area contributed by atoms with E-state index in [2.05, 4.69) is 194 Å². The molecule has 10 bridgehead atoms. The number of benzene rings is 8. The highest BCUT2D eigenvalue weighted by Crippen LogP contribution is 2.46. The number of para-hydroxylation sites is 1. The molecule has 60 heavy (non-hydrogen) atoms. The Kier molecular flexibility index (Phi) is 6.75. The first kappa shape index (κ1) is 34.4. The average Bonchev–Trinajstić information content (AvgIpc) is 3.89. The lowest BCUT2D eigenvalue weighted by molar-refractivity contribution is 0.591. The Bertz CT molecular complexity index is 3810. The predicted octanol–water partition coefficient (Wildman–Crippen LogP) is 13.8. The summed E-state index contributed by atoms with van der Waals surface area (Å²) >= 11 is 0. The highest BCUT2D eigenvalue weighted by atomic mass is 15.1. The number of hydrogen-bond donors (Lipinski definition) is 0. The van der Waals surface area contributed by atoms with Crippen LogP contribution in [-0.2, 0) is 10.8 Å². The molecule has 11 aromatic rings. The minimum absolute atomic E-state index is 0.0802. The molecule has 0 saturated carbocycles. The van der Waals surface area contributed by atoms with Crippen LogP contribution in [-0.4, -0.2) is 13.7 Å². The van der Waals surface area contributed by atoms with Crippen LogP contribution in [0.3, 0.4) is 0 Å². The molecule has 5 nitrogen and oxygen atoms in total. The highest BCUT2D eigenvalue weighted by molar-refractivity contribution is 6.22. The average molecular weight is 770 g/mol. The molecule has 0 amide bonds. The molecule has 5 heteroatoms. The zero-order chi connectivity index (χ0) is 40.8. The van der Waals surface area contributed by atoms with Crippen LogP contribution in [0.4, 0.5) is 0 Å². The third-order valence-corrected chi connectivity index (χ3v) is 13.4. The molecule has 0 fully saturated rings. The Balaban J connectivity index is 1.36. The van der Waals surface area contributed by atoms with Crippen molar-refractivity contribution in [3.05, 3.63) is 173 Å². The summed E-state index contributed by atoms with van der Waals surface area (Å²) < 4.78 is 6.99. The summed E-state index contributed by atoms with van der Waals surface area (Å²) in [6.45, 7) is 11.4. The van der Waals surface area contributed by atoms with Gasteiger partial charge in [-0.05, 0) is 106 Å². The maximum Gasteiger partial charge on any atom is 0.101 e. The van der Waals surface area contributed by atoms with E-state index >= 15 is 0 Å². The SMILES string of the molecule is CC(C)(C)c1ccc2c(c1)c1cc3ccc1n2-c1c(C#N)cc(C#N)cc1-n1c2ccc(cc2c2c4ccccc4ccc21)-n1c2ccccc2c2ccc(cc21)C3(C)C. The van der Waals surface area contributed by atoms with E-state index in [9.17, 15) is 10.5 Å². The Labute approximate surface area is 347 Å². The van der Waals surface area contributed by atoms with Gasteiger partial charge in [0.2, 0.25) is 0 Å². The third-order valence-electron chi connectivity index (χ3n) is 13.4. The van der Waals surface area contributed by atoms with Gasteiger partial charge in [0.05, 0.1) is 61.7 Å². The Morgan fingerprint density at radius 1 is 0.483 bits per heavy atom. The van der Waals surface area contributed by atoms with E-state index in [0.29, 0.717) is 11.1 Å². The molecule has 0 aliphatic carbocycles.